The zero-order valence-corrected chi connectivity index (χ0v) is 12.2. The molecule has 17 heavy (non-hydrogen) atoms. The van der Waals surface area contributed by atoms with Gasteiger partial charge in [-0.2, -0.15) is 12.6 Å². The van der Waals surface area contributed by atoms with Gasteiger partial charge in [-0.3, -0.25) is 0 Å². The van der Waals surface area contributed by atoms with E-state index in [1.54, 1.807) is 0 Å². The lowest BCUT2D eigenvalue weighted by Gasteiger charge is -2.13. The summed E-state index contributed by atoms with van der Waals surface area (Å²) < 4.78 is 5.71. The average Bonchev–Trinajstić information content (AvgIpc) is 2.26. The van der Waals surface area contributed by atoms with Crippen molar-refractivity contribution in [2.24, 2.45) is 0 Å². The number of thiol groups is 1. The van der Waals surface area contributed by atoms with Crippen molar-refractivity contribution < 1.29 is 4.74 Å². The van der Waals surface area contributed by atoms with Crippen LogP contribution in [0.1, 0.15) is 30.9 Å². The summed E-state index contributed by atoms with van der Waals surface area (Å²) in [5, 5.41) is 0.816. The van der Waals surface area contributed by atoms with Crippen LogP contribution in [-0.4, -0.2) is 12.4 Å². The summed E-state index contributed by atoms with van der Waals surface area (Å²) in [6.07, 6.45) is 3.94. The van der Waals surface area contributed by atoms with Crippen LogP contribution < -0.4 is 4.74 Å². The van der Waals surface area contributed by atoms with Crippen LogP contribution in [0, 0.1) is 6.92 Å². The van der Waals surface area contributed by atoms with Crippen LogP contribution in [0.25, 0.3) is 0 Å². The molecule has 0 fully saturated rings. The molecule has 0 saturated heterocycles. The summed E-state index contributed by atoms with van der Waals surface area (Å²) in [6, 6.07) is 4.01. The minimum Gasteiger partial charge on any atom is -0.489 e. The Morgan fingerprint density at radius 1 is 1.35 bits per heavy atom. The molecule has 0 aliphatic rings. The zero-order valence-electron chi connectivity index (χ0n) is 10.5. The molecule has 1 aromatic carbocycles. The van der Waals surface area contributed by atoms with E-state index in [1.165, 1.54) is 0 Å². The standard InChI is InChI=1S/C14H19ClOS/c1-10(2)12-9-14(11(3)8-13(12)15)16-6-4-5-7-17/h4-5,8-10,17H,6-7H2,1-3H3. The quantitative estimate of drug-likeness (QED) is 0.606. The van der Waals surface area contributed by atoms with Gasteiger partial charge < -0.3 is 4.74 Å². The minimum absolute atomic E-state index is 0.401. The van der Waals surface area contributed by atoms with E-state index >= 15 is 0 Å². The first-order valence-corrected chi connectivity index (χ1v) is 6.76. The van der Waals surface area contributed by atoms with Crippen LogP contribution in [0.3, 0.4) is 0 Å². The van der Waals surface area contributed by atoms with E-state index in [9.17, 15) is 0 Å². The minimum atomic E-state index is 0.401. The van der Waals surface area contributed by atoms with Gasteiger partial charge in [0.1, 0.15) is 12.4 Å². The van der Waals surface area contributed by atoms with Crippen LogP contribution in [0.4, 0.5) is 0 Å². The van der Waals surface area contributed by atoms with Crippen molar-refractivity contribution in [1.82, 2.24) is 0 Å². The lowest BCUT2D eigenvalue weighted by Crippen LogP contribution is -1.98. The number of hydrogen-bond acceptors (Lipinski definition) is 2. The smallest absolute Gasteiger partial charge is 0.123 e. The Hall–Kier alpha value is -0.600. The molecule has 0 saturated carbocycles. The molecule has 3 heteroatoms. The van der Waals surface area contributed by atoms with E-state index in [1.807, 2.05) is 31.2 Å². The molecule has 0 bridgehead atoms. The van der Waals surface area contributed by atoms with Gasteiger partial charge in [-0.1, -0.05) is 37.6 Å². The highest BCUT2D eigenvalue weighted by Gasteiger charge is 2.09. The molecule has 0 spiro atoms. The first kappa shape index (κ1) is 14.5. The molecule has 0 radical (unpaired) electrons. The fraction of sp³-hybridized carbons (Fsp3) is 0.429. The molecule has 1 rings (SSSR count). The second kappa shape index (κ2) is 6.97. The predicted octanol–water partition coefficient (Wildman–Crippen LogP) is 4.64. The van der Waals surface area contributed by atoms with Crippen LogP contribution in [0.15, 0.2) is 24.3 Å². The average molecular weight is 271 g/mol. The van der Waals surface area contributed by atoms with Crippen molar-refractivity contribution in [3.63, 3.8) is 0 Å². The van der Waals surface area contributed by atoms with Crippen LogP contribution in [-0.2, 0) is 0 Å². The molecule has 94 valence electrons. The summed E-state index contributed by atoms with van der Waals surface area (Å²) >= 11 is 10.3. The topological polar surface area (TPSA) is 9.23 Å². The van der Waals surface area contributed by atoms with Crippen molar-refractivity contribution in [2.45, 2.75) is 26.7 Å². The fourth-order valence-corrected chi connectivity index (χ4v) is 2.13. The normalized spacial score (nSPS) is 11.4. The number of benzene rings is 1. The Morgan fingerprint density at radius 3 is 2.65 bits per heavy atom. The predicted molar refractivity (Wildman–Crippen MR) is 78.8 cm³/mol. The van der Waals surface area contributed by atoms with E-state index in [2.05, 4.69) is 26.5 Å². The Balaban J connectivity index is 2.84. The Labute approximate surface area is 114 Å². The van der Waals surface area contributed by atoms with Gasteiger partial charge in [-0.05, 0) is 36.1 Å². The molecular formula is C14H19ClOS. The Kier molecular flexibility index (Phi) is 5.93. The van der Waals surface area contributed by atoms with Gasteiger partial charge in [0.15, 0.2) is 0 Å². The lowest BCUT2D eigenvalue weighted by atomic mass is 10.0. The van der Waals surface area contributed by atoms with Gasteiger partial charge in [-0.25, -0.2) is 0 Å². The molecule has 0 N–H and O–H groups in total. The maximum atomic E-state index is 6.20. The third kappa shape index (κ3) is 4.29. The van der Waals surface area contributed by atoms with E-state index in [-0.39, 0.29) is 0 Å². The van der Waals surface area contributed by atoms with Crippen LogP contribution >= 0.6 is 24.2 Å². The molecule has 0 aliphatic heterocycles. The third-order valence-electron chi connectivity index (χ3n) is 2.52. The van der Waals surface area contributed by atoms with Gasteiger partial charge >= 0.3 is 0 Å². The van der Waals surface area contributed by atoms with E-state index in [0.717, 1.165) is 27.7 Å². The number of rotatable bonds is 5. The van der Waals surface area contributed by atoms with Crippen LogP contribution in [0.5, 0.6) is 5.75 Å². The third-order valence-corrected chi connectivity index (χ3v) is 3.06. The molecular weight excluding hydrogens is 252 g/mol. The summed E-state index contributed by atoms with van der Waals surface area (Å²) in [4.78, 5) is 0. The summed E-state index contributed by atoms with van der Waals surface area (Å²) in [7, 11) is 0. The molecule has 0 atom stereocenters. The second-order valence-electron chi connectivity index (χ2n) is 4.26. The Morgan fingerprint density at radius 2 is 2.06 bits per heavy atom. The maximum Gasteiger partial charge on any atom is 0.123 e. The second-order valence-corrected chi connectivity index (χ2v) is 5.03. The van der Waals surface area contributed by atoms with Crippen molar-refractivity contribution in [2.75, 3.05) is 12.4 Å². The van der Waals surface area contributed by atoms with Crippen molar-refractivity contribution in [3.05, 3.63) is 40.4 Å². The van der Waals surface area contributed by atoms with E-state index in [4.69, 9.17) is 16.3 Å². The first-order chi connectivity index (χ1) is 8.06. The molecule has 0 amide bonds. The molecule has 1 nitrogen and oxygen atoms in total. The summed E-state index contributed by atoms with van der Waals surface area (Å²) in [6.45, 7) is 6.83. The Bertz CT molecular complexity index is 399. The van der Waals surface area contributed by atoms with E-state index in [0.29, 0.717) is 12.5 Å². The van der Waals surface area contributed by atoms with Gasteiger partial charge in [0.25, 0.3) is 0 Å². The van der Waals surface area contributed by atoms with Crippen molar-refractivity contribution in [1.29, 1.82) is 0 Å². The van der Waals surface area contributed by atoms with Crippen molar-refractivity contribution in [3.8, 4) is 5.75 Å². The summed E-state index contributed by atoms with van der Waals surface area (Å²) in [5.41, 5.74) is 2.20. The SMILES string of the molecule is Cc1cc(Cl)c(C(C)C)cc1OCC=CCS. The summed E-state index contributed by atoms with van der Waals surface area (Å²) in [5.74, 6) is 2.04. The molecule has 1 aromatic rings. The van der Waals surface area contributed by atoms with Gasteiger partial charge in [-0.15, -0.1) is 0 Å². The van der Waals surface area contributed by atoms with Crippen LogP contribution in [0.2, 0.25) is 5.02 Å². The fourth-order valence-electron chi connectivity index (χ4n) is 1.55. The lowest BCUT2D eigenvalue weighted by molar-refractivity contribution is 0.359. The highest BCUT2D eigenvalue weighted by Crippen LogP contribution is 2.31. The monoisotopic (exact) mass is 270 g/mol. The highest BCUT2D eigenvalue weighted by molar-refractivity contribution is 7.80. The number of hydrogen-bond donors (Lipinski definition) is 1. The first-order valence-electron chi connectivity index (χ1n) is 5.75. The zero-order chi connectivity index (χ0) is 12.8. The molecule has 0 unspecified atom stereocenters. The highest BCUT2D eigenvalue weighted by atomic mass is 35.5. The number of halogens is 1. The number of aryl methyl sites for hydroxylation is 1. The van der Waals surface area contributed by atoms with Gasteiger partial charge in [0, 0.05) is 10.8 Å². The maximum absolute atomic E-state index is 6.20. The van der Waals surface area contributed by atoms with Crippen molar-refractivity contribution >= 4 is 24.2 Å². The van der Waals surface area contributed by atoms with Gasteiger partial charge in [0.2, 0.25) is 0 Å². The van der Waals surface area contributed by atoms with E-state index < -0.39 is 0 Å². The molecule has 0 aliphatic carbocycles. The van der Waals surface area contributed by atoms with Gasteiger partial charge in [0.05, 0.1) is 0 Å². The molecule has 0 aromatic heterocycles. The largest absolute Gasteiger partial charge is 0.489 e. The molecule has 0 heterocycles. The number of ether oxygens (including phenoxy) is 1.